The molecule has 0 aromatic heterocycles. The van der Waals surface area contributed by atoms with Crippen molar-refractivity contribution in [2.75, 3.05) is 13.7 Å². The summed E-state index contributed by atoms with van der Waals surface area (Å²) in [5, 5.41) is 0. The Morgan fingerprint density at radius 1 is 1.04 bits per heavy atom. The van der Waals surface area contributed by atoms with Crippen molar-refractivity contribution in [2.45, 2.75) is 31.7 Å². The summed E-state index contributed by atoms with van der Waals surface area (Å²) < 4.78 is 38.7. The van der Waals surface area contributed by atoms with Gasteiger partial charge in [0.2, 0.25) is 10.0 Å². The number of hydrogen-bond acceptors (Lipinski definition) is 4. The maximum absolute atomic E-state index is 12.6. The minimum Gasteiger partial charge on any atom is -0.496 e. The van der Waals surface area contributed by atoms with E-state index in [0.717, 1.165) is 5.56 Å². The Hall–Kier alpha value is -2.05. The van der Waals surface area contributed by atoms with Gasteiger partial charge in [-0.15, -0.1) is 0 Å². The van der Waals surface area contributed by atoms with E-state index in [1.807, 2.05) is 37.3 Å². The van der Waals surface area contributed by atoms with Gasteiger partial charge >= 0.3 is 0 Å². The molecule has 0 amide bonds. The molecule has 0 aliphatic rings. The molecule has 0 saturated carbocycles. The summed E-state index contributed by atoms with van der Waals surface area (Å²) >= 11 is 0. The number of benzene rings is 2. The van der Waals surface area contributed by atoms with E-state index in [0.29, 0.717) is 17.1 Å². The van der Waals surface area contributed by atoms with Crippen molar-refractivity contribution in [3.63, 3.8) is 0 Å². The van der Waals surface area contributed by atoms with Crippen LogP contribution in [0.25, 0.3) is 0 Å². The number of ether oxygens (including phenoxy) is 2. The SMILES string of the molecule is COc1ccc(S(=O)(=O)N[C@H](C)COc2ccccc2)c(C)c1C. The van der Waals surface area contributed by atoms with E-state index in [9.17, 15) is 8.42 Å². The van der Waals surface area contributed by atoms with Crippen LogP contribution in [0, 0.1) is 13.8 Å². The molecule has 130 valence electrons. The monoisotopic (exact) mass is 349 g/mol. The molecule has 0 aliphatic heterocycles. The number of para-hydroxylation sites is 1. The van der Waals surface area contributed by atoms with Crippen molar-refractivity contribution in [1.82, 2.24) is 4.72 Å². The van der Waals surface area contributed by atoms with Crippen molar-refractivity contribution >= 4 is 10.0 Å². The molecule has 0 aliphatic carbocycles. The third-order valence-corrected chi connectivity index (χ3v) is 5.53. The lowest BCUT2D eigenvalue weighted by Gasteiger charge is -2.18. The first-order valence-corrected chi connectivity index (χ1v) is 9.18. The zero-order valence-electron chi connectivity index (χ0n) is 14.4. The summed E-state index contributed by atoms with van der Waals surface area (Å²) in [5.74, 6) is 1.38. The van der Waals surface area contributed by atoms with Crippen LogP contribution in [0.1, 0.15) is 18.1 Å². The first kappa shape index (κ1) is 18.3. The Kier molecular flexibility index (Phi) is 5.85. The van der Waals surface area contributed by atoms with Crippen LogP contribution in [0.4, 0.5) is 0 Å². The summed E-state index contributed by atoms with van der Waals surface area (Å²) in [6.07, 6.45) is 0. The highest BCUT2D eigenvalue weighted by molar-refractivity contribution is 7.89. The fraction of sp³-hybridized carbons (Fsp3) is 0.333. The summed E-state index contributed by atoms with van der Waals surface area (Å²) in [7, 11) is -2.06. The molecule has 0 heterocycles. The fourth-order valence-electron chi connectivity index (χ4n) is 2.38. The maximum atomic E-state index is 12.6. The third kappa shape index (κ3) is 4.27. The standard InChI is InChI=1S/C18H23NO4S/c1-13(12-23-16-8-6-5-7-9-16)19-24(20,21)18-11-10-17(22-4)14(2)15(18)3/h5-11,13,19H,12H2,1-4H3/t13-/m1/s1. The second-order valence-electron chi connectivity index (χ2n) is 5.66. The van der Waals surface area contributed by atoms with Gasteiger partial charge in [-0.05, 0) is 56.2 Å². The molecule has 2 aromatic rings. The molecular formula is C18H23NO4S. The highest BCUT2D eigenvalue weighted by Gasteiger charge is 2.21. The average Bonchev–Trinajstić information content (AvgIpc) is 2.55. The maximum Gasteiger partial charge on any atom is 0.241 e. The Bertz CT molecular complexity index is 788. The van der Waals surface area contributed by atoms with Crippen LogP contribution in [0.15, 0.2) is 47.4 Å². The average molecular weight is 349 g/mol. The number of rotatable bonds is 7. The minimum atomic E-state index is -3.63. The topological polar surface area (TPSA) is 64.6 Å². The van der Waals surface area contributed by atoms with Crippen molar-refractivity contribution in [2.24, 2.45) is 0 Å². The van der Waals surface area contributed by atoms with E-state index in [1.165, 1.54) is 0 Å². The van der Waals surface area contributed by atoms with Gasteiger partial charge in [-0.2, -0.15) is 0 Å². The zero-order chi connectivity index (χ0) is 17.7. The van der Waals surface area contributed by atoms with Crippen LogP contribution in [-0.4, -0.2) is 28.2 Å². The molecule has 0 radical (unpaired) electrons. The fourth-order valence-corrected chi connectivity index (χ4v) is 3.91. The number of methoxy groups -OCH3 is 1. The second kappa shape index (κ2) is 7.68. The van der Waals surface area contributed by atoms with E-state index < -0.39 is 10.0 Å². The van der Waals surface area contributed by atoms with Crippen molar-refractivity contribution in [1.29, 1.82) is 0 Å². The Balaban J connectivity index is 2.09. The minimum absolute atomic E-state index is 0.247. The number of sulfonamides is 1. The van der Waals surface area contributed by atoms with Gasteiger partial charge in [0.05, 0.1) is 18.0 Å². The van der Waals surface area contributed by atoms with Gasteiger partial charge in [0.1, 0.15) is 18.1 Å². The molecule has 0 spiro atoms. The lowest BCUT2D eigenvalue weighted by molar-refractivity contribution is 0.287. The molecule has 0 bridgehead atoms. The van der Waals surface area contributed by atoms with Crippen molar-refractivity contribution in [3.05, 3.63) is 53.6 Å². The molecule has 24 heavy (non-hydrogen) atoms. The van der Waals surface area contributed by atoms with Crippen LogP contribution in [0.2, 0.25) is 0 Å². The lowest BCUT2D eigenvalue weighted by atomic mass is 10.1. The number of nitrogens with one attached hydrogen (secondary N) is 1. The van der Waals surface area contributed by atoms with Gasteiger partial charge in [-0.3, -0.25) is 0 Å². The predicted molar refractivity (Wildman–Crippen MR) is 94.2 cm³/mol. The lowest BCUT2D eigenvalue weighted by Crippen LogP contribution is -2.37. The van der Waals surface area contributed by atoms with Crippen LogP contribution in [0.5, 0.6) is 11.5 Å². The van der Waals surface area contributed by atoms with Crippen LogP contribution < -0.4 is 14.2 Å². The first-order chi connectivity index (χ1) is 11.3. The Labute approximate surface area is 143 Å². The molecule has 2 rings (SSSR count). The number of hydrogen-bond donors (Lipinski definition) is 1. The predicted octanol–water partition coefficient (Wildman–Crippen LogP) is 3.06. The molecule has 2 aromatic carbocycles. The first-order valence-electron chi connectivity index (χ1n) is 7.69. The zero-order valence-corrected chi connectivity index (χ0v) is 15.2. The molecule has 5 nitrogen and oxygen atoms in total. The molecular weight excluding hydrogens is 326 g/mol. The quantitative estimate of drug-likeness (QED) is 0.834. The van der Waals surface area contributed by atoms with Gasteiger partial charge in [0.25, 0.3) is 0 Å². The van der Waals surface area contributed by atoms with Gasteiger partial charge in [-0.25, -0.2) is 13.1 Å². The molecule has 0 saturated heterocycles. The van der Waals surface area contributed by atoms with Gasteiger partial charge in [0, 0.05) is 0 Å². The van der Waals surface area contributed by atoms with Crippen LogP contribution in [0.3, 0.4) is 0 Å². The van der Waals surface area contributed by atoms with Gasteiger partial charge in [0.15, 0.2) is 0 Å². The highest BCUT2D eigenvalue weighted by Crippen LogP contribution is 2.26. The van der Waals surface area contributed by atoms with E-state index in [2.05, 4.69) is 4.72 Å². The normalized spacial score (nSPS) is 12.7. The van der Waals surface area contributed by atoms with Gasteiger partial charge in [-0.1, -0.05) is 18.2 Å². The largest absolute Gasteiger partial charge is 0.496 e. The summed E-state index contributed by atoms with van der Waals surface area (Å²) in [5.41, 5.74) is 1.49. The van der Waals surface area contributed by atoms with E-state index in [-0.39, 0.29) is 17.5 Å². The smallest absolute Gasteiger partial charge is 0.241 e. The van der Waals surface area contributed by atoms with E-state index in [1.54, 1.807) is 33.1 Å². The van der Waals surface area contributed by atoms with E-state index in [4.69, 9.17) is 9.47 Å². The molecule has 1 N–H and O–H groups in total. The van der Waals surface area contributed by atoms with Crippen molar-refractivity contribution < 1.29 is 17.9 Å². The van der Waals surface area contributed by atoms with E-state index >= 15 is 0 Å². The third-order valence-electron chi connectivity index (χ3n) is 3.80. The summed E-state index contributed by atoms with van der Waals surface area (Å²) in [6.45, 7) is 5.64. The summed E-state index contributed by atoms with van der Waals surface area (Å²) in [6, 6.07) is 12.2. The Morgan fingerprint density at radius 3 is 2.33 bits per heavy atom. The Morgan fingerprint density at radius 2 is 1.71 bits per heavy atom. The second-order valence-corrected chi connectivity index (χ2v) is 7.34. The van der Waals surface area contributed by atoms with Crippen molar-refractivity contribution in [3.8, 4) is 11.5 Å². The molecule has 6 heteroatoms. The van der Waals surface area contributed by atoms with Crippen LogP contribution in [-0.2, 0) is 10.0 Å². The highest BCUT2D eigenvalue weighted by atomic mass is 32.2. The molecule has 0 unspecified atom stereocenters. The van der Waals surface area contributed by atoms with Crippen LogP contribution >= 0.6 is 0 Å². The molecule has 0 fully saturated rings. The molecule has 1 atom stereocenters. The summed E-state index contributed by atoms with van der Waals surface area (Å²) in [4.78, 5) is 0.257. The van der Waals surface area contributed by atoms with Gasteiger partial charge < -0.3 is 9.47 Å².